The Hall–Kier alpha value is -6.85. The predicted octanol–water partition coefficient (Wildman–Crippen LogP) is 10.5. The Balaban J connectivity index is 0.000000173. The van der Waals surface area contributed by atoms with E-state index in [2.05, 4.69) is 0 Å². The van der Waals surface area contributed by atoms with Crippen LogP contribution in [0.3, 0.4) is 0 Å². The van der Waals surface area contributed by atoms with Crippen LogP contribution < -0.4 is 5.73 Å². The number of amides is 4. The third-order valence-corrected chi connectivity index (χ3v) is 14.0. The molecular weight excluding hydrogens is 941 g/mol. The van der Waals surface area contributed by atoms with Crippen molar-refractivity contribution >= 4 is 58.7 Å². The van der Waals surface area contributed by atoms with E-state index in [1.165, 1.54) is 11.8 Å². The molecule has 4 aliphatic heterocycles. The van der Waals surface area contributed by atoms with Crippen molar-refractivity contribution in [1.82, 2.24) is 24.6 Å². The Morgan fingerprint density at radius 2 is 0.859 bits per heavy atom. The fraction of sp³-hybridized carbons (Fsp3) is 0.389. The summed E-state index contributed by atoms with van der Waals surface area (Å²) in [5, 5.41) is 2.92. The fourth-order valence-corrected chi connectivity index (χ4v) is 10.3. The van der Waals surface area contributed by atoms with E-state index in [1.807, 2.05) is 127 Å². The number of carbonyl (C=O) groups is 5. The minimum Gasteiger partial charge on any atom is -0.445 e. The SMILES string of the molecule is CC(=O)[C@@H]1CCCN1C(=O)OCc1ccccc1.NC(=S)C1CCCN1C(=O)OCc1ccccc1.O=C(OCc1ccccc1)N1CCCC1c1csc([C@@H]2CCCN2C(=O)OCc2ccccc2)n1. The number of ketones is 1. The zero-order valence-corrected chi connectivity index (χ0v) is 41.7. The fourth-order valence-electron chi connectivity index (χ4n) is 9.04. The molecule has 5 aromatic rings. The van der Waals surface area contributed by atoms with Crippen LogP contribution in [0.4, 0.5) is 19.2 Å². The van der Waals surface area contributed by atoms with Gasteiger partial charge in [-0.2, -0.15) is 0 Å². The van der Waals surface area contributed by atoms with Crippen molar-refractivity contribution in [2.24, 2.45) is 5.73 Å². The number of ether oxygens (including phenoxy) is 4. The molecule has 0 radical (unpaired) electrons. The minimum atomic E-state index is -0.392. The van der Waals surface area contributed by atoms with Crippen LogP contribution in [0.25, 0.3) is 0 Å². The van der Waals surface area contributed by atoms with Crippen molar-refractivity contribution in [1.29, 1.82) is 0 Å². The quantitative estimate of drug-likeness (QED) is 0.0927. The number of rotatable bonds is 12. The monoisotopic (exact) mass is 1000 g/mol. The van der Waals surface area contributed by atoms with Crippen LogP contribution in [0.5, 0.6) is 0 Å². The van der Waals surface area contributed by atoms with Crippen LogP contribution in [-0.2, 0) is 50.2 Å². The molecule has 1 aromatic heterocycles. The van der Waals surface area contributed by atoms with Gasteiger partial charge in [-0.05, 0) is 80.5 Å². The van der Waals surface area contributed by atoms with Crippen LogP contribution in [0.1, 0.15) is 103 Å². The van der Waals surface area contributed by atoms with E-state index >= 15 is 0 Å². The Morgan fingerprint density at radius 3 is 1.27 bits per heavy atom. The second-order valence-corrected chi connectivity index (χ2v) is 19.1. The van der Waals surface area contributed by atoms with Crippen molar-refractivity contribution < 1.29 is 42.9 Å². The molecule has 0 spiro atoms. The normalized spacial score (nSPS) is 19.2. The summed E-state index contributed by atoms with van der Waals surface area (Å²) in [5.74, 6) is 0.0316. The molecule has 9 rings (SSSR count). The number of benzene rings is 4. The van der Waals surface area contributed by atoms with Gasteiger partial charge >= 0.3 is 24.4 Å². The van der Waals surface area contributed by atoms with Gasteiger partial charge in [0, 0.05) is 31.6 Å². The Morgan fingerprint density at radius 1 is 0.521 bits per heavy atom. The summed E-state index contributed by atoms with van der Waals surface area (Å²) in [4.78, 5) is 72.8. The second-order valence-electron chi connectivity index (χ2n) is 17.7. The number of likely N-dealkylation sites (tertiary alicyclic amines) is 4. The summed E-state index contributed by atoms with van der Waals surface area (Å²) in [6, 6.07) is 37.9. The predicted molar refractivity (Wildman–Crippen MR) is 273 cm³/mol. The number of thiocarbonyl (C=S) groups is 1. The highest BCUT2D eigenvalue weighted by Crippen LogP contribution is 2.38. The molecule has 0 bridgehead atoms. The van der Waals surface area contributed by atoms with E-state index in [0.29, 0.717) is 31.2 Å². The molecule has 0 aliphatic carbocycles. The molecule has 4 aromatic carbocycles. The highest BCUT2D eigenvalue weighted by Gasteiger charge is 2.37. The first-order valence-corrected chi connectivity index (χ1v) is 25.5. The maximum absolute atomic E-state index is 12.8. The standard InChI is InChI=1S/C27H29N3O4S.C14H17NO3.C13H16N2O2S/c31-26(33-17-20-9-3-1-4-10-20)29-15-7-13-23(29)22-19-35-25(28-22)24-14-8-16-30(24)27(32)34-18-21-11-5-2-6-12-21;1-11(16)13-8-5-9-15(13)14(17)18-10-12-6-3-2-4-7-12;14-12(18)11-7-4-8-15(11)13(16)17-9-10-5-2-1-3-6-10/h1-6,9-12,19,23-24H,7-8,13-18H2;2-4,6-7,13H,5,8-10H2,1H3;1-3,5-6,11H,4,7-9H2,(H2,14,18)/t23?,24-;13-;/m00./s1. The number of thiazole rings is 1. The van der Waals surface area contributed by atoms with E-state index in [1.54, 1.807) is 26.0 Å². The Labute approximate surface area is 424 Å². The maximum atomic E-state index is 12.8. The molecule has 4 saturated heterocycles. The molecule has 4 fully saturated rings. The maximum Gasteiger partial charge on any atom is 0.410 e. The molecule has 5 heterocycles. The molecule has 71 heavy (non-hydrogen) atoms. The van der Waals surface area contributed by atoms with Crippen LogP contribution in [-0.4, -0.2) is 98.0 Å². The van der Waals surface area contributed by atoms with Gasteiger partial charge in [0.1, 0.15) is 31.4 Å². The highest BCUT2D eigenvalue weighted by molar-refractivity contribution is 7.80. The van der Waals surface area contributed by atoms with Gasteiger partial charge in [0.15, 0.2) is 5.78 Å². The van der Waals surface area contributed by atoms with Crippen molar-refractivity contribution in [3.8, 4) is 0 Å². The Kier molecular flexibility index (Phi) is 19.3. The summed E-state index contributed by atoms with van der Waals surface area (Å²) in [6.07, 6.45) is 5.57. The van der Waals surface area contributed by atoms with Crippen LogP contribution in [0.2, 0.25) is 0 Å². The number of nitrogens with zero attached hydrogens (tertiary/aromatic N) is 5. The van der Waals surface area contributed by atoms with E-state index < -0.39 is 6.09 Å². The van der Waals surface area contributed by atoms with E-state index in [4.69, 9.17) is 41.9 Å². The molecule has 374 valence electrons. The largest absolute Gasteiger partial charge is 0.445 e. The van der Waals surface area contributed by atoms with Crippen molar-refractivity contribution in [3.63, 3.8) is 0 Å². The molecule has 4 atom stereocenters. The summed E-state index contributed by atoms with van der Waals surface area (Å²) >= 11 is 6.51. The number of aromatic nitrogens is 1. The topological polar surface area (TPSA) is 174 Å². The molecule has 17 heteroatoms. The van der Waals surface area contributed by atoms with Gasteiger partial charge in [-0.1, -0.05) is 134 Å². The first kappa shape index (κ1) is 52.0. The van der Waals surface area contributed by atoms with Gasteiger partial charge in [-0.3, -0.25) is 24.4 Å². The number of nitrogens with two attached hydrogens (primary N) is 1. The second kappa shape index (κ2) is 26.4. The molecular formula is C54H62N6O9S2. The molecule has 2 unspecified atom stereocenters. The Bertz CT molecular complexity index is 2350. The van der Waals surface area contributed by atoms with E-state index in [0.717, 1.165) is 84.3 Å². The zero-order valence-electron chi connectivity index (χ0n) is 40.1. The lowest BCUT2D eigenvalue weighted by molar-refractivity contribution is -0.120. The van der Waals surface area contributed by atoms with E-state index in [-0.39, 0.29) is 74.7 Å². The summed E-state index contributed by atoms with van der Waals surface area (Å²) in [6.45, 7) is 5.16. The molecule has 4 aliphatic rings. The third kappa shape index (κ3) is 14.8. The van der Waals surface area contributed by atoms with Crippen LogP contribution >= 0.6 is 23.6 Å². The van der Waals surface area contributed by atoms with Crippen molar-refractivity contribution in [2.75, 3.05) is 26.2 Å². The van der Waals surface area contributed by atoms with Crippen LogP contribution in [0.15, 0.2) is 127 Å². The number of hydrogen-bond donors (Lipinski definition) is 1. The molecule has 4 amide bonds. The lowest BCUT2D eigenvalue weighted by atomic mass is 10.1. The average Bonchev–Trinajstić information content (AvgIpc) is 4.27. The van der Waals surface area contributed by atoms with Crippen molar-refractivity contribution in [2.45, 2.75) is 109 Å². The number of hydrogen-bond acceptors (Lipinski definition) is 12. The van der Waals surface area contributed by atoms with Gasteiger partial charge in [-0.25, -0.2) is 24.2 Å². The first-order valence-electron chi connectivity index (χ1n) is 24.2. The number of Topliss-reactive ketones (excluding diaryl/α,β-unsaturated/α-hetero) is 1. The average molecular weight is 1000 g/mol. The van der Waals surface area contributed by atoms with Crippen molar-refractivity contribution in [3.05, 3.63) is 160 Å². The summed E-state index contributed by atoms with van der Waals surface area (Å²) in [5.41, 5.74) is 10.3. The highest BCUT2D eigenvalue weighted by atomic mass is 32.1. The molecule has 2 N–H and O–H groups in total. The smallest absolute Gasteiger partial charge is 0.410 e. The minimum absolute atomic E-state index is 0.0316. The van der Waals surface area contributed by atoms with Gasteiger partial charge in [0.25, 0.3) is 0 Å². The lowest BCUT2D eigenvalue weighted by Gasteiger charge is -2.24. The third-order valence-electron chi connectivity index (χ3n) is 12.7. The molecule has 15 nitrogen and oxygen atoms in total. The first-order chi connectivity index (χ1) is 34.5. The molecule has 0 saturated carbocycles. The zero-order chi connectivity index (χ0) is 50.0. The van der Waals surface area contributed by atoms with Crippen LogP contribution in [0, 0.1) is 0 Å². The number of carbonyl (C=O) groups excluding carboxylic acids is 5. The summed E-state index contributed by atoms with van der Waals surface area (Å²) in [7, 11) is 0. The van der Waals surface area contributed by atoms with Gasteiger partial charge in [0.2, 0.25) is 0 Å². The van der Waals surface area contributed by atoms with E-state index in [9.17, 15) is 24.0 Å². The van der Waals surface area contributed by atoms with Gasteiger partial charge < -0.3 is 24.7 Å². The summed E-state index contributed by atoms with van der Waals surface area (Å²) < 4.78 is 21.6. The lowest BCUT2D eigenvalue weighted by Crippen LogP contribution is -2.43. The van der Waals surface area contributed by atoms with Gasteiger partial charge in [0.05, 0.1) is 34.8 Å². The van der Waals surface area contributed by atoms with Gasteiger partial charge in [-0.15, -0.1) is 11.3 Å².